The van der Waals surface area contributed by atoms with Crippen molar-refractivity contribution in [1.82, 2.24) is 4.31 Å². The number of carbonyl (C=O) groups is 1. The summed E-state index contributed by atoms with van der Waals surface area (Å²) in [6.45, 7) is 4.28. The molecule has 0 bridgehead atoms. The van der Waals surface area contributed by atoms with Gasteiger partial charge in [0.1, 0.15) is 5.75 Å². The molecule has 0 aliphatic heterocycles. The third-order valence-corrected chi connectivity index (χ3v) is 6.38. The second-order valence-electron chi connectivity index (χ2n) is 5.41. The third-order valence-electron chi connectivity index (χ3n) is 3.65. The third kappa shape index (κ3) is 5.42. The molecule has 0 aliphatic carbocycles. The number of anilines is 1. The maximum Gasteiger partial charge on any atom is 0.262 e. The van der Waals surface area contributed by atoms with Gasteiger partial charge in [-0.05, 0) is 65.1 Å². The molecule has 0 spiro atoms. The number of hydrogen-bond acceptors (Lipinski definition) is 4. The van der Waals surface area contributed by atoms with Crippen LogP contribution in [-0.4, -0.2) is 38.3 Å². The van der Waals surface area contributed by atoms with E-state index in [2.05, 4.69) is 27.9 Å². The first-order valence-corrected chi connectivity index (χ1v) is 10.7. The Kier molecular flexibility index (Phi) is 7.42. The molecule has 26 heavy (non-hydrogen) atoms. The van der Waals surface area contributed by atoms with Crippen LogP contribution in [0.5, 0.6) is 5.75 Å². The second-order valence-corrected chi connectivity index (χ2v) is 8.59. The Balaban J connectivity index is 1.97. The van der Waals surface area contributed by atoms with Crippen molar-refractivity contribution in [3.05, 3.63) is 52.1 Å². The molecule has 0 unspecified atom stereocenters. The van der Waals surface area contributed by atoms with Gasteiger partial charge in [0.2, 0.25) is 10.0 Å². The summed E-state index contributed by atoms with van der Waals surface area (Å²) in [4.78, 5) is 12.2. The van der Waals surface area contributed by atoms with Gasteiger partial charge in [-0.2, -0.15) is 4.31 Å². The van der Waals surface area contributed by atoms with Gasteiger partial charge < -0.3 is 10.1 Å². The Morgan fingerprint density at radius 3 is 2.35 bits per heavy atom. The molecule has 1 amide bonds. The predicted octanol–water partition coefficient (Wildman–Crippen LogP) is 3.34. The van der Waals surface area contributed by atoms with Gasteiger partial charge in [-0.15, -0.1) is 0 Å². The van der Waals surface area contributed by atoms with Crippen molar-refractivity contribution in [2.24, 2.45) is 0 Å². The summed E-state index contributed by atoms with van der Waals surface area (Å²) in [5.41, 5.74) is 0.514. The lowest BCUT2D eigenvalue weighted by molar-refractivity contribution is -0.118. The molecule has 0 fully saturated rings. The molecule has 0 saturated heterocycles. The van der Waals surface area contributed by atoms with Crippen LogP contribution in [0, 0.1) is 3.57 Å². The molecule has 2 aromatic rings. The zero-order valence-corrected chi connectivity index (χ0v) is 17.6. The van der Waals surface area contributed by atoms with Crippen molar-refractivity contribution < 1.29 is 17.9 Å². The Morgan fingerprint density at radius 2 is 1.77 bits per heavy atom. The van der Waals surface area contributed by atoms with Crippen LogP contribution in [0.25, 0.3) is 0 Å². The number of ether oxygens (including phenoxy) is 1. The monoisotopic (exact) mass is 488 g/mol. The standard InChI is InChI=1S/C18H21IN2O4S/c1-3-21(4-2)26(23,24)17-10-8-15(9-11-17)20-18(22)13-25-16-7-5-6-14(19)12-16/h5-12H,3-4,13H2,1-2H3,(H,20,22). The van der Waals surface area contributed by atoms with E-state index in [0.717, 1.165) is 3.57 Å². The van der Waals surface area contributed by atoms with Crippen LogP contribution in [0.4, 0.5) is 5.69 Å². The lowest BCUT2D eigenvalue weighted by Gasteiger charge is -2.18. The van der Waals surface area contributed by atoms with Crippen LogP contribution >= 0.6 is 22.6 Å². The highest BCUT2D eigenvalue weighted by molar-refractivity contribution is 14.1. The highest BCUT2D eigenvalue weighted by atomic mass is 127. The van der Waals surface area contributed by atoms with Crippen LogP contribution in [-0.2, 0) is 14.8 Å². The smallest absolute Gasteiger partial charge is 0.262 e. The van der Waals surface area contributed by atoms with E-state index in [9.17, 15) is 13.2 Å². The summed E-state index contributed by atoms with van der Waals surface area (Å²) in [6.07, 6.45) is 0. The lowest BCUT2D eigenvalue weighted by atomic mass is 10.3. The number of carbonyl (C=O) groups excluding carboxylic acids is 1. The van der Waals surface area contributed by atoms with Crippen molar-refractivity contribution >= 4 is 44.2 Å². The van der Waals surface area contributed by atoms with E-state index in [1.165, 1.54) is 16.4 Å². The SMILES string of the molecule is CCN(CC)S(=O)(=O)c1ccc(NC(=O)COc2cccc(I)c2)cc1. The van der Waals surface area contributed by atoms with Crippen molar-refractivity contribution in [2.45, 2.75) is 18.7 Å². The molecule has 0 aromatic heterocycles. The van der Waals surface area contributed by atoms with Crippen molar-refractivity contribution in [3.8, 4) is 5.75 Å². The van der Waals surface area contributed by atoms with Crippen LogP contribution in [0.2, 0.25) is 0 Å². The lowest BCUT2D eigenvalue weighted by Crippen LogP contribution is -2.30. The zero-order chi connectivity index (χ0) is 19.2. The summed E-state index contributed by atoms with van der Waals surface area (Å²) in [5, 5.41) is 2.69. The molecule has 0 heterocycles. The maximum atomic E-state index is 12.4. The quantitative estimate of drug-likeness (QED) is 0.579. The molecule has 0 atom stereocenters. The molecule has 8 heteroatoms. The average Bonchev–Trinajstić information content (AvgIpc) is 2.61. The van der Waals surface area contributed by atoms with E-state index in [-0.39, 0.29) is 17.4 Å². The summed E-state index contributed by atoms with van der Waals surface area (Å²) in [5.74, 6) is 0.302. The number of rotatable bonds is 8. The Labute approximate surface area is 167 Å². The first-order chi connectivity index (χ1) is 12.4. The molecule has 0 aliphatic rings. The molecule has 6 nitrogen and oxygen atoms in total. The van der Waals surface area contributed by atoms with Gasteiger partial charge in [-0.1, -0.05) is 19.9 Å². The van der Waals surface area contributed by atoms with E-state index in [0.29, 0.717) is 24.5 Å². The number of sulfonamides is 1. The number of nitrogens with zero attached hydrogens (tertiary/aromatic N) is 1. The molecule has 1 N–H and O–H groups in total. The number of halogens is 1. The predicted molar refractivity (Wildman–Crippen MR) is 110 cm³/mol. The van der Waals surface area contributed by atoms with Gasteiger partial charge in [-0.25, -0.2) is 8.42 Å². The van der Waals surface area contributed by atoms with Gasteiger partial charge in [-0.3, -0.25) is 4.79 Å². The van der Waals surface area contributed by atoms with Crippen molar-refractivity contribution in [1.29, 1.82) is 0 Å². The minimum atomic E-state index is -3.50. The first-order valence-electron chi connectivity index (χ1n) is 8.15. The summed E-state index contributed by atoms with van der Waals surface area (Å²) >= 11 is 2.17. The van der Waals surface area contributed by atoms with Crippen LogP contribution in [0.15, 0.2) is 53.4 Å². The fourth-order valence-corrected chi connectivity index (χ4v) is 4.30. The fourth-order valence-electron chi connectivity index (χ4n) is 2.33. The van der Waals surface area contributed by atoms with Crippen LogP contribution in [0.3, 0.4) is 0 Å². The molecular weight excluding hydrogens is 467 g/mol. The van der Waals surface area contributed by atoms with Gasteiger partial charge >= 0.3 is 0 Å². The van der Waals surface area contributed by atoms with Gasteiger partial charge in [0.15, 0.2) is 6.61 Å². The maximum absolute atomic E-state index is 12.4. The van der Waals surface area contributed by atoms with Crippen LogP contribution < -0.4 is 10.1 Å². The Bertz CT molecular complexity index is 850. The molecular formula is C18H21IN2O4S. The van der Waals surface area contributed by atoms with E-state index in [1.807, 2.05) is 18.2 Å². The Hall–Kier alpha value is -1.65. The average molecular weight is 488 g/mol. The summed E-state index contributed by atoms with van der Waals surface area (Å²) in [7, 11) is -3.50. The topological polar surface area (TPSA) is 75.7 Å². The summed E-state index contributed by atoms with van der Waals surface area (Å²) in [6, 6.07) is 13.5. The van der Waals surface area contributed by atoms with Crippen molar-refractivity contribution in [2.75, 3.05) is 25.0 Å². The first kappa shape index (κ1) is 20.7. The second kappa shape index (κ2) is 9.33. The number of amides is 1. The highest BCUT2D eigenvalue weighted by Crippen LogP contribution is 2.18. The molecule has 0 radical (unpaired) electrons. The fraction of sp³-hybridized carbons (Fsp3) is 0.278. The normalized spacial score (nSPS) is 11.4. The van der Waals surface area contributed by atoms with Gasteiger partial charge in [0.05, 0.1) is 4.90 Å². The number of hydrogen-bond donors (Lipinski definition) is 1. The highest BCUT2D eigenvalue weighted by Gasteiger charge is 2.21. The van der Waals surface area contributed by atoms with Crippen LogP contribution in [0.1, 0.15) is 13.8 Å². The van der Waals surface area contributed by atoms with E-state index in [1.54, 1.807) is 32.0 Å². The summed E-state index contributed by atoms with van der Waals surface area (Å²) < 4.78 is 32.7. The van der Waals surface area contributed by atoms with Gasteiger partial charge in [0, 0.05) is 22.3 Å². The molecule has 2 rings (SSSR count). The van der Waals surface area contributed by atoms with Crippen molar-refractivity contribution in [3.63, 3.8) is 0 Å². The molecule has 140 valence electrons. The molecule has 0 saturated carbocycles. The minimum absolute atomic E-state index is 0.125. The number of nitrogens with one attached hydrogen (secondary N) is 1. The van der Waals surface area contributed by atoms with E-state index < -0.39 is 10.0 Å². The Morgan fingerprint density at radius 1 is 1.12 bits per heavy atom. The zero-order valence-electron chi connectivity index (χ0n) is 14.6. The van der Waals surface area contributed by atoms with E-state index >= 15 is 0 Å². The molecule has 2 aromatic carbocycles. The van der Waals surface area contributed by atoms with E-state index in [4.69, 9.17) is 4.74 Å². The minimum Gasteiger partial charge on any atom is -0.484 e. The largest absolute Gasteiger partial charge is 0.484 e. The number of benzene rings is 2. The van der Waals surface area contributed by atoms with Gasteiger partial charge in [0.25, 0.3) is 5.91 Å².